The molecule has 0 amide bonds. The molecule has 0 unspecified atom stereocenters. The van der Waals surface area contributed by atoms with Crippen molar-refractivity contribution in [1.29, 1.82) is 0 Å². The summed E-state index contributed by atoms with van der Waals surface area (Å²) in [6, 6.07) is 14.7. The minimum absolute atomic E-state index is 0.207. The van der Waals surface area contributed by atoms with Crippen LogP contribution in [0.4, 0.5) is 0 Å². The fourth-order valence-electron chi connectivity index (χ4n) is 2.54. The third-order valence-electron chi connectivity index (χ3n) is 4.08. The Morgan fingerprint density at radius 1 is 0.714 bits per heavy atom. The van der Waals surface area contributed by atoms with Crippen LogP contribution in [0.25, 0.3) is 0 Å². The van der Waals surface area contributed by atoms with Gasteiger partial charge in [-0.1, -0.05) is 24.3 Å². The van der Waals surface area contributed by atoms with Crippen molar-refractivity contribution in [3.05, 3.63) is 59.7 Å². The lowest BCUT2D eigenvalue weighted by Gasteiger charge is -2.07. The van der Waals surface area contributed by atoms with Gasteiger partial charge in [0.05, 0.1) is 14.2 Å². The van der Waals surface area contributed by atoms with Gasteiger partial charge in [0.25, 0.3) is 0 Å². The van der Waals surface area contributed by atoms with Gasteiger partial charge >= 0.3 is 11.9 Å². The first-order chi connectivity index (χ1) is 13.6. The average molecular weight is 386 g/mol. The minimum Gasteiger partial charge on any atom is -0.497 e. The van der Waals surface area contributed by atoms with Crippen molar-refractivity contribution in [2.24, 2.45) is 0 Å². The number of carbonyl (C=O) groups is 2. The number of methoxy groups -OCH3 is 2. The maximum atomic E-state index is 11.8. The van der Waals surface area contributed by atoms with Gasteiger partial charge in [-0.15, -0.1) is 0 Å². The molecule has 0 aliphatic rings. The number of hydrogen-bond acceptors (Lipinski definition) is 6. The first-order valence-corrected chi connectivity index (χ1v) is 9.18. The highest BCUT2D eigenvalue weighted by atomic mass is 16.5. The Labute approximate surface area is 165 Å². The highest BCUT2D eigenvalue weighted by Crippen LogP contribution is 2.15. The van der Waals surface area contributed by atoms with Crippen molar-refractivity contribution in [3.8, 4) is 11.5 Å². The van der Waals surface area contributed by atoms with Gasteiger partial charge in [0.15, 0.2) is 0 Å². The highest BCUT2D eigenvalue weighted by molar-refractivity contribution is 5.70. The van der Waals surface area contributed by atoms with E-state index in [1.54, 1.807) is 14.2 Å². The van der Waals surface area contributed by atoms with Crippen molar-refractivity contribution in [2.75, 3.05) is 14.2 Å². The molecule has 0 bridgehead atoms. The molecule has 0 aliphatic carbocycles. The molecule has 0 fully saturated rings. The minimum atomic E-state index is -0.285. The Morgan fingerprint density at radius 3 is 1.54 bits per heavy atom. The average Bonchev–Trinajstić information content (AvgIpc) is 2.74. The summed E-state index contributed by atoms with van der Waals surface area (Å²) in [6.45, 7) is 0.414. The molecule has 0 heterocycles. The van der Waals surface area contributed by atoms with E-state index < -0.39 is 0 Å². The van der Waals surface area contributed by atoms with Crippen LogP contribution in [-0.2, 0) is 32.3 Å². The molecule has 6 heteroatoms. The Morgan fingerprint density at radius 2 is 1.14 bits per heavy atom. The van der Waals surface area contributed by atoms with Crippen molar-refractivity contribution >= 4 is 11.9 Å². The Balaban J connectivity index is 1.58. The smallest absolute Gasteiger partial charge is 0.306 e. The topological polar surface area (TPSA) is 71.1 Å². The van der Waals surface area contributed by atoms with Crippen molar-refractivity contribution in [1.82, 2.24) is 0 Å². The van der Waals surface area contributed by atoms with Crippen LogP contribution in [0.15, 0.2) is 48.5 Å². The van der Waals surface area contributed by atoms with E-state index in [1.807, 2.05) is 48.5 Å². The van der Waals surface area contributed by atoms with Gasteiger partial charge in [0.1, 0.15) is 24.7 Å². The van der Waals surface area contributed by atoms with Gasteiger partial charge in [-0.25, -0.2) is 0 Å². The van der Waals surface area contributed by atoms with E-state index in [4.69, 9.17) is 18.9 Å². The first kappa shape index (κ1) is 21.3. The fourth-order valence-corrected chi connectivity index (χ4v) is 2.54. The Bertz CT molecular complexity index is 706. The second kappa shape index (κ2) is 11.6. The van der Waals surface area contributed by atoms with Crippen LogP contribution in [-0.4, -0.2) is 26.2 Å². The third-order valence-corrected chi connectivity index (χ3v) is 4.08. The molecule has 0 N–H and O–H groups in total. The molecule has 0 aromatic heterocycles. The van der Waals surface area contributed by atoms with Crippen LogP contribution in [0.5, 0.6) is 11.5 Å². The van der Waals surface area contributed by atoms with Gasteiger partial charge in [-0.05, 0) is 48.2 Å². The number of rotatable bonds is 11. The first-order valence-electron chi connectivity index (χ1n) is 9.18. The van der Waals surface area contributed by atoms with E-state index in [2.05, 4.69) is 0 Å². The third kappa shape index (κ3) is 7.70. The zero-order valence-electron chi connectivity index (χ0n) is 16.3. The SMILES string of the molecule is COc1cccc(COC(=O)CCCCC(=O)OCc2cccc(OC)c2)c1. The molecule has 0 saturated carbocycles. The van der Waals surface area contributed by atoms with E-state index in [-0.39, 0.29) is 38.0 Å². The number of benzene rings is 2. The number of unbranched alkanes of at least 4 members (excludes halogenated alkanes) is 1. The van der Waals surface area contributed by atoms with Crippen LogP contribution < -0.4 is 9.47 Å². The van der Waals surface area contributed by atoms with Crippen molar-refractivity contribution in [3.63, 3.8) is 0 Å². The van der Waals surface area contributed by atoms with Crippen LogP contribution in [0.3, 0.4) is 0 Å². The Hall–Kier alpha value is -3.02. The molecular weight excluding hydrogens is 360 g/mol. The summed E-state index contributed by atoms with van der Waals surface area (Å²) < 4.78 is 20.7. The second-order valence-corrected chi connectivity index (χ2v) is 6.23. The quantitative estimate of drug-likeness (QED) is 0.429. The summed E-state index contributed by atoms with van der Waals surface area (Å²) >= 11 is 0. The molecule has 0 atom stereocenters. The molecule has 150 valence electrons. The number of esters is 2. The summed E-state index contributed by atoms with van der Waals surface area (Å²) in [5, 5.41) is 0. The number of hydrogen-bond donors (Lipinski definition) is 0. The molecular formula is C22H26O6. The largest absolute Gasteiger partial charge is 0.497 e. The molecule has 2 aromatic carbocycles. The molecule has 2 aromatic rings. The monoisotopic (exact) mass is 386 g/mol. The molecule has 28 heavy (non-hydrogen) atoms. The van der Waals surface area contributed by atoms with Crippen LogP contribution in [0.2, 0.25) is 0 Å². The van der Waals surface area contributed by atoms with Gasteiger partial charge in [0.2, 0.25) is 0 Å². The summed E-state index contributed by atoms with van der Waals surface area (Å²) in [5.74, 6) is 0.877. The fraction of sp³-hybridized carbons (Fsp3) is 0.364. The maximum Gasteiger partial charge on any atom is 0.306 e. The van der Waals surface area contributed by atoms with Gasteiger partial charge in [0, 0.05) is 12.8 Å². The zero-order valence-corrected chi connectivity index (χ0v) is 16.3. The van der Waals surface area contributed by atoms with E-state index in [1.165, 1.54) is 0 Å². The van der Waals surface area contributed by atoms with Crippen molar-refractivity contribution < 1.29 is 28.5 Å². The lowest BCUT2D eigenvalue weighted by molar-refractivity contribution is -0.147. The normalized spacial score (nSPS) is 10.2. The van der Waals surface area contributed by atoms with Crippen LogP contribution in [0, 0.1) is 0 Å². The second-order valence-electron chi connectivity index (χ2n) is 6.23. The van der Waals surface area contributed by atoms with Crippen LogP contribution >= 0.6 is 0 Å². The molecule has 0 spiro atoms. The number of carbonyl (C=O) groups excluding carboxylic acids is 2. The molecule has 0 radical (unpaired) electrons. The van der Waals surface area contributed by atoms with Crippen LogP contribution in [0.1, 0.15) is 36.8 Å². The summed E-state index contributed by atoms with van der Waals surface area (Å²) in [7, 11) is 3.18. The van der Waals surface area contributed by atoms with E-state index in [9.17, 15) is 9.59 Å². The predicted octanol–water partition coefficient (Wildman–Crippen LogP) is 4.05. The summed E-state index contributed by atoms with van der Waals surface area (Å²) in [4.78, 5) is 23.6. The molecule has 2 rings (SSSR count). The molecule has 0 aliphatic heterocycles. The highest BCUT2D eigenvalue weighted by Gasteiger charge is 2.07. The van der Waals surface area contributed by atoms with Gasteiger partial charge in [-0.3, -0.25) is 9.59 Å². The van der Waals surface area contributed by atoms with E-state index >= 15 is 0 Å². The Kier molecular flexibility index (Phi) is 8.85. The van der Waals surface area contributed by atoms with E-state index in [0.717, 1.165) is 22.6 Å². The zero-order chi connectivity index (χ0) is 20.2. The van der Waals surface area contributed by atoms with Gasteiger partial charge in [-0.2, -0.15) is 0 Å². The number of ether oxygens (including phenoxy) is 4. The lowest BCUT2D eigenvalue weighted by atomic mass is 10.2. The summed E-state index contributed by atoms with van der Waals surface area (Å²) in [6.07, 6.45) is 1.69. The maximum absolute atomic E-state index is 11.8. The van der Waals surface area contributed by atoms with E-state index in [0.29, 0.717) is 12.8 Å². The lowest BCUT2D eigenvalue weighted by Crippen LogP contribution is -2.07. The molecule has 0 saturated heterocycles. The predicted molar refractivity (Wildman–Crippen MR) is 104 cm³/mol. The standard InChI is InChI=1S/C22H26O6/c1-25-19-9-5-7-17(13-19)15-27-21(23)11-3-4-12-22(24)28-16-18-8-6-10-20(14-18)26-2/h5-10,13-14H,3-4,11-12,15-16H2,1-2H3. The van der Waals surface area contributed by atoms with Crippen molar-refractivity contribution in [2.45, 2.75) is 38.9 Å². The van der Waals surface area contributed by atoms with Gasteiger partial charge < -0.3 is 18.9 Å². The summed E-state index contributed by atoms with van der Waals surface area (Å²) in [5.41, 5.74) is 1.74. The molecule has 6 nitrogen and oxygen atoms in total.